The van der Waals surface area contributed by atoms with Gasteiger partial charge in [0.15, 0.2) is 0 Å². The van der Waals surface area contributed by atoms with E-state index in [2.05, 4.69) is 0 Å². The smallest absolute Gasteiger partial charge is 0.870 e. The fourth-order valence-corrected chi connectivity index (χ4v) is 3.24. The summed E-state index contributed by atoms with van der Waals surface area (Å²) in [4.78, 5) is 10.7. The standard InChI is InChI=1S/C10H16NO2S.Li.H2O/c1-10(2,3)14(13)11-8(6-12)9(11)7-4-5-7;;/h7-9H,4-5H2,1-3H3;;1H2/q-1;+1;/p-1/t8-,9+,11?,14+;;/m0../s1. The van der Waals surface area contributed by atoms with Crippen molar-refractivity contribution in [2.75, 3.05) is 0 Å². The quantitative estimate of drug-likeness (QED) is 0.320. The first kappa shape index (κ1) is 16.3. The van der Waals surface area contributed by atoms with Crippen molar-refractivity contribution in [3.05, 3.63) is 0 Å². The summed E-state index contributed by atoms with van der Waals surface area (Å²) in [6, 6.07) is 0.0371. The predicted octanol–water partition coefficient (Wildman–Crippen LogP) is -2.15. The van der Waals surface area contributed by atoms with Crippen molar-refractivity contribution in [1.82, 2.24) is 4.31 Å². The normalized spacial score (nSPS) is 34.3. The minimum Gasteiger partial charge on any atom is -0.870 e. The predicted molar refractivity (Wildman–Crippen MR) is 57.7 cm³/mol. The average molecular weight is 238 g/mol. The minimum atomic E-state index is -1.05. The number of hydrogen-bond donors (Lipinski definition) is 0. The Labute approximate surface area is 111 Å². The first-order valence-electron chi connectivity index (χ1n) is 5.05. The second-order valence-corrected chi connectivity index (χ2v) is 7.26. The third-order valence-corrected chi connectivity index (χ3v) is 4.64. The molecular weight excluding hydrogens is 221 g/mol. The van der Waals surface area contributed by atoms with E-state index < -0.39 is 11.0 Å². The van der Waals surface area contributed by atoms with Crippen molar-refractivity contribution in [1.29, 1.82) is 0 Å². The van der Waals surface area contributed by atoms with E-state index in [9.17, 15) is 9.00 Å². The maximum absolute atomic E-state index is 12.0. The molecule has 0 aromatic rings. The Bertz CT molecular complexity index is 288. The van der Waals surface area contributed by atoms with Crippen LogP contribution < -0.4 is 18.9 Å². The molecule has 4 atom stereocenters. The third-order valence-electron chi connectivity index (χ3n) is 2.74. The fourth-order valence-electron chi connectivity index (χ4n) is 1.78. The average Bonchev–Trinajstić information content (AvgIpc) is 2.94. The van der Waals surface area contributed by atoms with Crippen LogP contribution in [0.4, 0.5) is 0 Å². The zero-order valence-corrected chi connectivity index (χ0v) is 11.1. The van der Waals surface area contributed by atoms with Crippen LogP contribution in [-0.2, 0) is 15.8 Å². The van der Waals surface area contributed by atoms with Gasteiger partial charge < -0.3 is 10.3 Å². The molecule has 2 rings (SSSR count). The van der Waals surface area contributed by atoms with Crippen LogP contribution in [0, 0.1) is 5.92 Å². The van der Waals surface area contributed by atoms with Gasteiger partial charge in [0, 0.05) is 6.04 Å². The van der Waals surface area contributed by atoms with Crippen LogP contribution in [0.3, 0.4) is 0 Å². The molecule has 4 nitrogen and oxygen atoms in total. The van der Waals surface area contributed by atoms with Gasteiger partial charge in [-0.25, -0.2) is 14.8 Å². The van der Waals surface area contributed by atoms with Gasteiger partial charge in [-0.1, -0.05) is 6.04 Å². The van der Waals surface area contributed by atoms with Gasteiger partial charge in [-0.05, 0) is 39.5 Å². The van der Waals surface area contributed by atoms with Crippen molar-refractivity contribution >= 4 is 17.3 Å². The first-order chi connectivity index (χ1) is 6.46. The van der Waals surface area contributed by atoms with Crippen LogP contribution in [0.2, 0.25) is 0 Å². The van der Waals surface area contributed by atoms with Crippen molar-refractivity contribution in [2.45, 2.75) is 50.4 Å². The molecule has 1 heterocycles. The molecule has 0 amide bonds. The molecule has 1 unspecified atom stereocenters. The SMILES string of the molecule is CC(C)(C)[S@@](=O)N1[C@H](C2CC2)[C@@H]1[C-]=O.[Li+].[OH-]. The van der Waals surface area contributed by atoms with E-state index in [1.165, 1.54) is 12.8 Å². The van der Waals surface area contributed by atoms with Crippen LogP contribution in [0.15, 0.2) is 0 Å². The first-order valence-corrected chi connectivity index (χ1v) is 6.15. The van der Waals surface area contributed by atoms with Gasteiger partial charge in [0.05, 0.1) is 15.7 Å². The molecule has 88 valence electrons. The maximum atomic E-state index is 12.0. The molecule has 2 fully saturated rings. The van der Waals surface area contributed by atoms with E-state index >= 15 is 0 Å². The Morgan fingerprint density at radius 1 is 1.31 bits per heavy atom. The Hall–Kier alpha value is 0.337. The molecule has 1 N–H and O–H groups in total. The van der Waals surface area contributed by atoms with E-state index in [-0.39, 0.29) is 41.2 Å². The summed E-state index contributed by atoms with van der Waals surface area (Å²) >= 11 is 0. The molecule has 1 saturated heterocycles. The number of rotatable bonds is 3. The zero-order valence-electron chi connectivity index (χ0n) is 10.3. The molecule has 0 aromatic heterocycles. The Morgan fingerprint density at radius 2 is 1.81 bits per heavy atom. The monoisotopic (exact) mass is 238 g/mol. The fraction of sp³-hybridized carbons (Fsp3) is 0.900. The van der Waals surface area contributed by atoms with E-state index in [1.807, 2.05) is 31.4 Å². The second-order valence-electron chi connectivity index (χ2n) is 5.11. The molecule has 16 heavy (non-hydrogen) atoms. The van der Waals surface area contributed by atoms with E-state index in [0.29, 0.717) is 5.92 Å². The topological polar surface area (TPSA) is 67.2 Å². The van der Waals surface area contributed by atoms with Gasteiger partial charge >= 0.3 is 18.9 Å². The molecule has 1 aliphatic carbocycles. The van der Waals surface area contributed by atoms with Gasteiger partial charge in [0.25, 0.3) is 0 Å². The van der Waals surface area contributed by atoms with Crippen LogP contribution in [0.25, 0.3) is 0 Å². The van der Waals surface area contributed by atoms with Crippen molar-refractivity contribution in [3.63, 3.8) is 0 Å². The molecule has 0 radical (unpaired) electrons. The zero-order chi connectivity index (χ0) is 10.5. The molecule has 0 aromatic carbocycles. The third kappa shape index (κ3) is 2.96. The van der Waals surface area contributed by atoms with Crippen LogP contribution in [-0.4, -0.2) is 37.1 Å². The van der Waals surface area contributed by atoms with Gasteiger partial charge in [-0.15, -0.1) is 0 Å². The van der Waals surface area contributed by atoms with Crippen LogP contribution in [0.5, 0.6) is 0 Å². The van der Waals surface area contributed by atoms with Crippen molar-refractivity contribution < 1.29 is 33.3 Å². The molecule has 2 aliphatic rings. The summed E-state index contributed by atoms with van der Waals surface area (Å²) in [6.07, 6.45) is 4.36. The van der Waals surface area contributed by atoms with Gasteiger partial charge in [-0.2, -0.15) is 0 Å². The van der Waals surface area contributed by atoms with Crippen molar-refractivity contribution in [3.8, 4) is 0 Å². The minimum absolute atomic E-state index is 0. The van der Waals surface area contributed by atoms with E-state index in [0.717, 1.165) is 0 Å². The number of carbonyl (C=O) groups excluding carboxylic acids is 1. The maximum Gasteiger partial charge on any atom is 1.00 e. The Balaban J connectivity index is 0.00000112. The second kappa shape index (κ2) is 5.32. The summed E-state index contributed by atoms with van der Waals surface area (Å²) in [5.41, 5.74) is 0. The number of hydrogen-bond acceptors (Lipinski definition) is 3. The van der Waals surface area contributed by atoms with E-state index in [1.54, 1.807) is 0 Å². The Morgan fingerprint density at radius 3 is 2.12 bits per heavy atom. The van der Waals surface area contributed by atoms with Gasteiger partial charge in [0.2, 0.25) is 0 Å². The molecule has 1 aliphatic heterocycles. The molecule has 6 heteroatoms. The summed E-state index contributed by atoms with van der Waals surface area (Å²) < 4.78 is 13.6. The summed E-state index contributed by atoms with van der Waals surface area (Å²) in [6.45, 7) is 5.81. The largest absolute Gasteiger partial charge is 1.00 e. The summed E-state index contributed by atoms with van der Waals surface area (Å²) in [5.74, 6) is 0.604. The van der Waals surface area contributed by atoms with Crippen molar-refractivity contribution in [2.24, 2.45) is 5.92 Å². The van der Waals surface area contributed by atoms with Crippen LogP contribution >= 0.6 is 0 Å². The summed E-state index contributed by atoms with van der Waals surface area (Å²) in [5, 5.41) is 0. The molecule has 0 spiro atoms. The Kier molecular flexibility index (Phi) is 5.44. The molecule has 1 saturated carbocycles. The number of nitrogens with zero attached hydrogens (tertiary/aromatic N) is 1. The summed E-state index contributed by atoms with van der Waals surface area (Å²) in [7, 11) is -1.05. The molecular formula is C10H17LiNO3S-. The van der Waals surface area contributed by atoms with Gasteiger partial charge in [-0.3, -0.25) is 0 Å². The molecule has 0 bridgehead atoms. The van der Waals surface area contributed by atoms with E-state index in [4.69, 9.17) is 0 Å². The van der Waals surface area contributed by atoms with Crippen LogP contribution in [0.1, 0.15) is 33.6 Å². The van der Waals surface area contributed by atoms with Gasteiger partial charge in [0.1, 0.15) is 0 Å².